The summed E-state index contributed by atoms with van der Waals surface area (Å²) in [5, 5.41) is 0. The highest BCUT2D eigenvalue weighted by Gasteiger charge is 2.21. The van der Waals surface area contributed by atoms with Gasteiger partial charge in [-0.3, -0.25) is 9.20 Å². The Balaban J connectivity index is 1.91. The lowest BCUT2D eigenvalue weighted by Gasteiger charge is -2.19. The van der Waals surface area contributed by atoms with E-state index in [-0.39, 0.29) is 5.41 Å². The molecular formula is C23H22N2OS. The number of aldehydes is 1. The van der Waals surface area contributed by atoms with Crippen LogP contribution in [0.1, 0.15) is 41.7 Å². The molecule has 0 bridgehead atoms. The van der Waals surface area contributed by atoms with E-state index >= 15 is 0 Å². The number of aryl methyl sites for hydroxylation is 1. The van der Waals surface area contributed by atoms with Gasteiger partial charge < -0.3 is 0 Å². The standard InChI is InChI=1S/C23H22N2OS/c1-15-21(17-8-6-5-7-9-17)25-19(14-26)20(24-22(25)27-15)16-10-12-18(13-11-16)23(2,3)4/h5-14H,1-4H3. The number of carbonyl (C=O) groups excluding carboxylic acids is 1. The lowest BCUT2D eigenvalue weighted by molar-refractivity contribution is 0.111. The summed E-state index contributed by atoms with van der Waals surface area (Å²) in [6.07, 6.45) is 0.922. The van der Waals surface area contributed by atoms with Crippen molar-refractivity contribution in [1.29, 1.82) is 0 Å². The molecule has 2 heterocycles. The van der Waals surface area contributed by atoms with E-state index in [1.54, 1.807) is 11.3 Å². The second kappa shape index (κ2) is 6.46. The summed E-state index contributed by atoms with van der Waals surface area (Å²) in [6.45, 7) is 8.66. The molecule has 0 aliphatic carbocycles. The molecule has 0 N–H and O–H groups in total. The number of hydrogen-bond donors (Lipinski definition) is 0. The maximum Gasteiger partial charge on any atom is 0.195 e. The van der Waals surface area contributed by atoms with E-state index in [4.69, 9.17) is 4.98 Å². The van der Waals surface area contributed by atoms with Crippen molar-refractivity contribution in [3.8, 4) is 22.5 Å². The van der Waals surface area contributed by atoms with Gasteiger partial charge in [-0.05, 0) is 23.5 Å². The topological polar surface area (TPSA) is 34.4 Å². The first-order chi connectivity index (χ1) is 12.9. The normalized spacial score (nSPS) is 11.9. The summed E-state index contributed by atoms with van der Waals surface area (Å²) < 4.78 is 2.00. The third-order valence-corrected chi connectivity index (χ3v) is 5.82. The van der Waals surface area contributed by atoms with Crippen LogP contribution in [0.3, 0.4) is 0 Å². The molecule has 2 aromatic carbocycles. The first-order valence-corrected chi connectivity index (χ1v) is 9.85. The fraction of sp³-hybridized carbons (Fsp3) is 0.217. The number of fused-ring (bicyclic) bond motifs is 1. The molecule has 0 saturated carbocycles. The molecule has 4 heteroatoms. The number of imidazole rings is 1. The minimum absolute atomic E-state index is 0.0954. The van der Waals surface area contributed by atoms with E-state index in [2.05, 4.69) is 64.1 Å². The summed E-state index contributed by atoms with van der Waals surface area (Å²) in [5.41, 5.74) is 5.82. The highest BCUT2D eigenvalue weighted by molar-refractivity contribution is 7.17. The molecule has 0 radical (unpaired) electrons. The molecule has 27 heavy (non-hydrogen) atoms. The number of aromatic nitrogens is 2. The Morgan fingerprint density at radius 1 is 0.963 bits per heavy atom. The second-order valence-corrected chi connectivity index (χ2v) is 8.96. The fourth-order valence-electron chi connectivity index (χ4n) is 3.42. The molecule has 0 atom stereocenters. The van der Waals surface area contributed by atoms with Crippen molar-refractivity contribution in [2.45, 2.75) is 33.1 Å². The van der Waals surface area contributed by atoms with E-state index in [1.807, 2.05) is 22.6 Å². The Hall–Kier alpha value is -2.72. The van der Waals surface area contributed by atoms with Crippen LogP contribution in [0.5, 0.6) is 0 Å². The van der Waals surface area contributed by atoms with Gasteiger partial charge in [-0.15, -0.1) is 11.3 Å². The molecule has 0 unspecified atom stereocenters. The van der Waals surface area contributed by atoms with Crippen LogP contribution in [-0.4, -0.2) is 15.7 Å². The van der Waals surface area contributed by atoms with Gasteiger partial charge in [0.15, 0.2) is 11.2 Å². The highest BCUT2D eigenvalue weighted by atomic mass is 32.1. The van der Waals surface area contributed by atoms with Crippen molar-refractivity contribution in [3.05, 3.63) is 70.7 Å². The predicted octanol–water partition coefficient (Wildman–Crippen LogP) is 6.15. The first kappa shape index (κ1) is 17.7. The molecule has 0 aliphatic heterocycles. The van der Waals surface area contributed by atoms with Gasteiger partial charge >= 0.3 is 0 Å². The molecule has 4 rings (SSSR count). The number of hydrogen-bond acceptors (Lipinski definition) is 3. The van der Waals surface area contributed by atoms with E-state index < -0.39 is 0 Å². The van der Waals surface area contributed by atoms with Crippen molar-refractivity contribution in [2.24, 2.45) is 0 Å². The van der Waals surface area contributed by atoms with Crippen LogP contribution < -0.4 is 0 Å². The van der Waals surface area contributed by atoms with Crippen LogP contribution in [0, 0.1) is 6.92 Å². The van der Waals surface area contributed by atoms with Gasteiger partial charge in [0.25, 0.3) is 0 Å². The fourth-order valence-corrected chi connectivity index (χ4v) is 4.41. The molecule has 0 spiro atoms. The van der Waals surface area contributed by atoms with Gasteiger partial charge in [0, 0.05) is 10.4 Å². The van der Waals surface area contributed by atoms with Crippen molar-refractivity contribution in [2.75, 3.05) is 0 Å². The van der Waals surface area contributed by atoms with Crippen molar-refractivity contribution in [1.82, 2.24) is 9.38 Å². The van der Waals surface area contributed by atoms with E-state index in [9.17, 15) is 4.79 Å². The van der Waals surface area contributed by atoms with Crippen LogP contribution in [0.2, 0.25) is 0 Å². The average molecular weight is 375 g/mol. The van der Waals surface area contributed by atoms with Gasteiger partial charge in [-0.1, -0.05) is 75.4 Å². The zero-order chi connectivity index (χ0) is 19.2. The third kappa shape index (κ3) is 3.00. The molecule has 136 valence electrons. The maximum atomic E-state index is 12.0. The minimum atomic E-state index is 0.0954. The van der Waals surface area contributed by atoms with Crippen molar-refractivity contribution in [3.63, 3.8) is 0 Å². The van der Waals surface area contributed by atoms with Gasteiger partial charge in [0.05, 0.1) is 5.69 Å². The number of benzene rings is 2. The van der Waals surface area contributed by atoms with E-state index in [1.165, 1.54) is 5.56 Å². The number of rotatable bonds is 3. The van der Waals surface area contributed by atoms with Crippen molar-refractivity contribution < 1.29 is 4.79 Å². The molecule has 0 saturated heterocycles. The van der Waals surface area contributed by atoms with E-state index in [0.29, 0.717) is 5.69 Å². The zero-order valence-electron chi connectivity index (χ0n) is 16.0. The molecule has 3 nitrogen and oxygen atoms in total. The lowest BCUT2D eigenvalue weighted by Crippen LogP contribution is -2.10. The quantitative estimate of drug-likeness (QED) is 0.403. The maximum absolute atomic E-state index is 12.0. The predicted molar refractivity (Wildman–Crippen MR) is 113 cm³/mol. The Labute approximate surface area is 163 Å². The largest absolute Gasteiger partial charge is 0.296 e. The third-order valence-electron chi connectivity index (χ3n) is 4.87. The van der Waals surface area contributed by atoms with E-state index in [0.717, 1.165) is 38.6 Å². The Morgan fingerprint density at radius 3 is 2.22 bits per heavy atom. The molecule has 0 fully saturated rings. The molecule has 2 aromatic heterocycles. The van der Waals surface area contributed by atoms with Crippen LogP contribution >= 0.6 is 11.3 Å². The average Bonchev–Trinajstić information content (AvgIpc) is 3.15. The molecule has 0 amide bonds. The Bertz CT molecular complexity index is 1110. The molecular weight excluding hydrogens is 352 g/mol. The lowest BCUT2D eigenvalue weighted by atomic mass is 9.86. The zero-order valence-corrected chi connectivity index (χ0v) is 16.8. The summed E-state index contributed by atoms with van der Waals surface area (Å²) >= 11 is 1.62. The van der Waals surface area contributed by atoms with Crippen molar-refractivity contribution >= 4 is 22.6 Å². The summed E-state index contributed by atoms with van der Waals surface area (Å²) in [5.74, 6) is 0. The number of thiazole rings is 1. The summed E-state index contributed by atoms with van der Waals surface area (Å²) in [4.78, 5) is 18.8. The SMILES string of the molecule is Cc1sc2nc(-c3ccc(C(C)(C)C)cc3)c(C=O)n2c1-c1ccccc1. The Morgan fingerprint density at radius 2 is 1.63 bits per heavy atom. The highest BCUT2D eigenvalue weighted by Crippen LogP contribution is 2.36. The van der Waals surface area contributed by atoms with Gasteiger partial charge in [-0.25, -0.2) is 4.98 Å². The van der Waals surface area contributed by atoms with Crippen LogP contribution in [0.25, 0.3) is 27.5 Å². The van der Waals surface area contributed by atoms with Gasteiger partial charge in [-0.2, -0.15) is 0 Å². The number of carbonyl (C=O) groups is 1. The summed E-state index contributed by atoms with van der Waals surface area (Å²) in [7, 11) is 0. The minimum Gasteiger partial charge on any atom is -0.296 e. The summed E-state index contributed by atoms with van der Waals surface area (Å²) in [6, 6.07) is 18.6. The molecule has 0 aliphatic rings. The van der Waals surface area contributed by atoms with Gasteiger partial charge in [0.1, 0.15) is 11.4 Å². The first-order valence-electron chi connectivity index (χ1n) is 9.03. The second-order valence-electron chi connectivity index (χ2n) is 7.78. The monoisotopic (exact) mass is 374 g/mol. The van der Waals surface area contributed by atoms with Gasteiger partial charge in [0.2, 0.25) is 0 Å². The van der Waals surface area contributed by atoms with Crippen LogP contribution in [-0.2, 0) is 5.41 Å². The smallest absolute Gasteiger partial charge is 0.195 e. The Kier molecular flexibility index (Phi) is 4.23. The van der Waals surface area contributed by atoms with Crippen LogP contribution in [0.15, 0.2) is 54.6 Å². The number of nitrogens with zero attached hydrogens (tertiary/aromatic N) is 2. The van der Waals surface area contributed by atoms with Crippen LogP contribution in [0.4, 0.5) is 0 Å². The molecule has 4 aromatic rings.